The molecular formula is C7H7BrClNO. The summed E-state index contributed by atoms with van der Waals surface area (Å²) < 4.78 is 6.03. The van der Waals surface area contributed by atoms with Gasteiger partial charge in [-0.3, -0.25) is 4.98 Å². The molecule has 0 fully saturated rings. The number of halogens is 2. The third-order valence-corrected chi connectivity index (χ3v) is 1.93. The fourth-order valence-electron chi connectivity index (χ4n) is 0.682. The molecule has 1 heterocycles. The first-order valence-corrected chi connectivity index (χ1v) is 4.34. The Hall–Kier alpha value is -0.280. The fourth-order valence-corrected chi connectivity index (χ4v) is 1.45. The zero-order chi connectivity index (χ0) is 8.27. The Morgan fingerprint density at radius 3 is 2.91 bits per heavy atom. The SMILES string of the molecule is CCOc1c(Cl)cncc1Br. The van der Waals surface area contributed by atoms with Crippen molar-refractivity contribution in [2.75, 3.05) is 6.61 Å². The predicted molar refractivity (Wildman–Crippen MR) is 48.1 cm³/mol. The number of hydrogen-bond donors (Lipinski definition) is 0. The van der Waals surface area contributed by atoms with E-state index in [2.05, 4.69) is 20.9 Å². The second-order valence-electron chi connectivity index (χ2n) is 1.87. The summed E-state index contributed by atoms with van der Waals surface area (Å²) in [7, 11) is 0. The second-order valence-corrected chi connectivity index (χ2v) is 3.13. The number of hydrogen-bond acceptors (Lipinski definition) is 2. The van der Waals surface area contributed by atoms with Crippen molar-refractivity contribution < 1.29 is 4.74 Å². The molecule has 0 spiro atoms. The highest BCUT2D eigenvalue weighted by molar-refractivity contribution is 9.10. The van der Waals surface area contributed by atoms with Crippen LogP contribution in [0.25, 0.3) is 0 Å². The lowest BCUT2D eigenvalue weighted by atomic mass is 10.4. The monoisotopic (exact) mass is 235 g/mol. The van der Waals surface area contributed by atoms with E-state index in [1.165, 1.54) is 0 Å². The Balaban J connectivity index is 3.00. The molecule has 1 rings (SSSR count). The van der Waals surface area contributed by atoms with Gasteiger partial charge in [0.1, 0.15) is 5.02 Å². The minimum absolute atomic E-state index is 0.529. The summed E-state index contributed by atoms with van der Waals surface area (Å²) in [5, 5.41) is 0.529. The van der Waals surface area contributed by atoms with E-state index in [4.69, 9.17) is 16.3 Å². The van der Waals surface area contributed by atoms with E-state index in [1.807, 2.05) is 6.92 Å². The Kier molecular flexibility index (Phi) is 3.15. The summed E-state index contributed by atoms with van der Waals surface area (Å²) in [5.74, 6) is 0.657. The van der Waals surface area contributed by atoms with Crippen molar-refractivity contribution >= 4 is 27.5 Å². The molecule has 0 aliphatic rings. The quantitative estimate of drug-likeness (QED) is 0.788. The van der Waals surface area contributed by atoms with E-state index >= 15 is 0 Å². The molecule has 60 valence electrons. The molecule has 0 saturated carbocycles. The molecule has 1 aromatic heterocycles. The molecule has 0 amide bonds. The smallest absolute Gasteiger partial charge is 0.155 e. The van der Waals surface area contributed by atoms with Crippen molar-refractivity contribution in [2.24, 2.45) is 0 Å². The molecule has 1 aromatic rings. The molecule has 0 aromatic carbocycles. The topological polar surface area (TPSA) is 22.1 Å². The number of aromatic nitrogens is 1. The van der Waals surface area contributed by atoms with Gasteiger partial charge in [-0.1, -0.05) is 11.6 Å². The number of ether oxygens (including phenoxy) is 1. The van der Waals surface area contributed by atoms with Gasteiger partial charge in [-0.25, -0.2) is 0 Å². The van der Waals surface area contributed by atoms with Crippen molar-refractivity contribution in [1.29, 1.82) is 0 Å². The Bertz CT molecular complexity index is 234. The predicted octanol–water partition coefficient (Wildman–Crippen LogP) is 2.90. The van der Waals surface area contributed by atoms with Crippen molar-refractivity contribution in [3.8, 4) is 5.75 Å². The first-order chi connectivity index (χ1) is 5.25. The van der Waals surface area contributed by atoms with E-state index < -0.39 is 0 Å². The second kappa shape index (κ2) is 3.93. The third-order valence-electron chi connectivity index (χ3n) is 1.10. The average molecular weight is 236 g/mol. The molecule has 0 unspecified atom stereocenters. The summed E-state index contributed by atoms with van der Waals surface area (Å²) in [6, 6.07) is 0. The highest BCUT2D eigenvalue weighted by Crippen LogP contribution is 2.31. The Labute approximate surface area is 78.7 Å². The van der Waals surface area contributed by atoms with Crippen LogP contribution in [0.1, 0.15) is 6.92 Å². The van der Waals surface area contributed by atoms with Gasteiger partial charge in [-0.15, -0.1) is 0 Å². The molecule has 0 N–H and O–H groups in total. The molecule has 0 bridgehead atoms. The van der Waals surface area contributed by atoms with E-state index in [1.54, 1.807) is 12.4 Å². The van der Waals surface area contributed by atoms with Gasteiger partial charge in [0.15, 0.2) is 5.75 Å². The average Bonchev–Trinajstić information content (AvgIpc) is 1.97. The van der Waals surface area contributed by atoms with Crippen LogP contribution < -0.4 is 4.74 Å². The molecule has 0 saturated heterocycles. The van der Waals surface area contributed by atoms with Crippen LogP contribution in [0.4, 0.5) is 0 Å². The summed E-state index contributed by atoms with van der Waals surface area (Å²) >= 11 is 9.07. The van der Waals surface area contributed by atoms with Gasteiger partial charge in [0, 0.05) is 12.4 Å². The van der Waals surface area contributed by atoms with Crippen LogP contribution in [0.2, 0.25) is 5.02 Å². The maximum Gasteiger partial charge on any atom is 0.155 e. The molecule has 0 aliphatic heterocycles. The first kappa shape index (κ1) is 8.81. The lowest BCUT2D eigenvalue weighted by Gasteiger charge is -2.05. The minimum atomic E-state index is 0.529. The maximum atomic E-state index is 5.79. The maximum absolute atomic E-state index is 5.79. The molecule has 0 atom stereocenters. The first-order valence-electron chi connectivity index (χ1n) is 3.17. The Morgan fingerprint density at radius 1 is 1.64 bits per heavy atom. The van der Waals surface area contributed by atoms with Gasteiger partial charge in [0.05, 0.1) is 11.1 Å². The van der Waals surface area contributed by atoms with Crippen LogP contribution in [0.5, 0.6) is 5.75 Å². The third kappa shape index (κ3) is 2.07. The molecule has 0 radical (unpaired) electrons. The van der Waals surface area contributed by atoms with Gasteiger partial charge in [0.25, 0.3) is 0 Å². The van der Waals surface area contributed by atoms with Crippen molar-refractivity contribution in [2.45, 2.75) is 6.92 Å². The van der Waals surface area contributed by atoms with E-state index in [0.717, 1.165) is 4.47 Å². The summed E-state index contributed by atoms with van der Waals surface area (Å²) in [4.78, 5) is 3.87. The van der Waals surface area contributed by atoms with Gasteiger partial charge >= 0.3 is 0 Å². The molecule has 4 heteroatoms. The standard InChI is InChI=1S/C7H7BrClNO/c1-2-11-7-5(8)3-10-4-6(7)9/h3-4H,2H2,1H3. The zero-order valence-electron chi connectivity index (χ0n) is 5.97. The van der Waals surface area contributed by atoms with Crippen LogP contribution >= 0.6 is 27.5 Å². The molecule has 11 heavy (non-hydrogen) atoms. The van der Waals surface area contributed by atoms with E-state index in [9.17, 15) is 0 Å². The van der Waals surface area contributed by atoms with Crippen LogP contribution in [0.3, 0.4) is 0 Å². The molecule has 0 aliphatic carbocycles. The van der Waals surface area contributed by atoms with Gasteiger partial charge < -0.3 is 4.74 Å². The Morgan fingerprint density at radius 2 is 2.36 bits per heavy atom. The van der Waals surface area contributed by atoms with Crippen molar-refractivity contribution in [1.82, 2.24) is 4.98 Å². The largest absolute Gasteiger partial charge is 0.491 e. The van der Waals surface area contributed by atoms with E-state index in [-0.39, 0.29) is 0 Å². The van der Waals surface area contributed by atoms with Crippen molar-refractivity contribution in [3.05, 3.63) is 21.9 Å². The summed E-state index contributed by atoms with van der Waals surface area (Å²) in [5.41, 5.74) is 0. The van der Waals surface area contributed by atoms with Crippen LogP contribution in [-0.4, -0.2) is 11.6 Å². The van der Waals surface area contributed by atoms with Crippen molar-refractivity contribution in [3.63, 3.8) is 0 Å². The summed E-state index contributed by atoms with van der Waals surface area (Å²) in [6.45, 7) is 2.51. The summed E-state index contributed by atoms with van der Waals surface area (Å²) in [6.07, 6.45) is 3.20. The minimum Gasteiger partial charge on any atom is -0.491 e. The normalized spacial score (nSPS) is 9.73. The van der Waals surface area contributed by atoms with Crippen LogP contribution in [-0.2, 0) is 0 Å². The van der Waals surface area contributed by atoms with Gasteiger partial charge in [-0.2, -0.15) is 0 Å². The number of rotatable bonds is 2. The van der Waals surface area contributed by atoms with E-state index in [0.29, 0.717) is 17.4 Å². The lowest BCUT2D eigenvalue weighted by Crippen LogP contribution is -1.93. The number of nitrogens with zero attached hydrogens (tertiary/aromatic N) is 1. The number of pyridine rings is 1. The molecule has 2 nitrogen and oxygen atoms in total. The zero-order valence-corrected chi connectivity index (χ0v) is 8.32. The van der Waals surface area contributed by atoms with Gasteiger partial charge in [-0.05, 0) is 22.9 Å². The fraction of sp³-hybridized carbons (Fsp3) is 0.286. The molecular weight excluding hydrogens is 229 g/mol. The van der Waals surface area contributed by atoms with Crippen LogP contribution in [0, 0.1) is 0 Å². The highest BCUT2D eigenvalue weighted by Gasteiger charge is 2.04. The highest BCUT2D eigenvalue weighted by atomic mass is 79.9. The van der Waals surface area contributed by atoms with Gasteiger partial charge in [0.2, 0.25) is 0 Å². The lowest BCUT2D eigenvalue weighted by molar-refractivity contribution is 0.338. The van der Waals surface area contributed by atoms with Crippen LogP contribution in [0.15, 0.2) is 16.9 Å².